The van der Waals surface area contributed by atoms with Crippen molar-refractivity contribution < 1.29 is 24.2 Å². The van der Waals surface area contributed by atoms with E-state index in [0.717, 1.165) is 24.8 Å². The number of nitrogens with one attached hydrogen (secondary N) is 1. The van der Waals surface area contributed by atoms with Gasteiger partial charge in [0.1, 0.15) is 6.10 Å². The van der Waals surface area contributed by atoms with E-state index in [-0.39, 0.29) is 55.6 Å². The molecule has 1 saturated carbocycles. The van der Waals surface area contributed by atoms with Crippen LogP contribution in [0.3, 0.4) is 0 Å². The summed E-state index contributed by atoms with van der Waals surface area (Å²) in [6.45, 7) is 1.16. The molecule has 30 heavy (non-hydrogen) atoms. The van der Waals surface area contributed by atoms with Gasteiger partial charge in [-0.2, -0.15) is 0 Å². The quantitative estimate of drug-likeness (QED) is 0.736. The summed E-state index contributed by atoms with van der Waals surface area (Å²) in [6, 6.07) is 7.31. The van der Waals surface area contributed by atoms with E-state index in [4.69, 9.17) is 21.1 Å². The molecule has 164 valence electrons. The first-order chi connectivity index (χ1) is 14.5. The van der Waals surface area contributed by atoms with Crippen LogP contribution in [-0.4, -0.2) is 65.9 Å². The smallest absolute Gasteiger partial charge is 0.226 e. The minimum atomic E-state index is -0.679. The lowest BCUT2D eigenvalue weighted by Crippen LogP contribution is -2.57. The number of hydrogen-bond donors (Lipinski definition) is 2. The van der Waals surface area contributed by atoms with E-state index in [1.54, 1.807) is 6.07 Å². The van der Waals surface area contributed by atoms with Crippen molar-refractivity contribution in [2.24, 2.45) is 5.92 Å². The van der Waals surface area contributed by atoms with Crippen molar-refractivity contribution >= 4 is 23.4 Å². The molecule has 1 aromatic rings. The van der Waals surface area contributed by atoms with E-state index in [9.17, 15) is 14.7 Å². The molecule has 1 aliphatic carbocycles. The first-order valence-electron chi connectivity index (χ1n) is 10.7. The first-order valence-corrected chi connectivity index (χ1v) is 11.1. The van der Waals surface area contributed by atoms with Crippen LogP contribution in [0.5, 0.6) is 0 Å². The number of fused-ring (bicyclic) bond motifs is 1. The molecule has 4 rings (SSSR count). The Kier molecular flexibility index (Phi) is 6.93. The van der Waals surface area contributed by atoms with Crippen LogP contribution in [-0.2, 0) is 25.6 Å². The molecule has 2 N–H and O–H groups in total. The molecule has 2 amide bonds. The van der Waals surface area contributed by atoms with Crippen molar-refractivity contribution in [2.75, 3.05) is 19.8 Å². The maximum absolute atomic E-state index is 12.8. The van der Waals surface area contributed by atoms with Gasteiger partial charge in [-0.15, -0.1) is 0 Å². The molecular formula is C22H29ClN2O5. The topological polar surface area (TPSA) is 88.1 Å². The number of β-amino-alcohol motifs (C(OH)–C–C–N with tert-alkyl or cyclic N) is 1. The number of aliphatic hydroxyl groups is 1. The summed E-state index contributed by atoms with van der Waals surface area (Å²) in [7, 11) is 0. The zero-order chi connectivity index (χ0) is 21.1. The average Bonchev–Trinajstić information content (AvgIpc) is 3.55. The molecule has 2 aliphatic heterocycles. The fraction of sp³-hybridized carbons (Fsp3) is 0.636. The van der Waals surface area contributed by atoms with Crippen molar-refractivity contribution in [1.82, 2.24) is 10.2 Å². The zero-order valence-corrected chi connectivity index (χ0v) is 17.7. The molecular weight excluding hydrogens is 408 g/mol. The van der Waals surface area contributed by atoms with Gasteiger partial charge in [0.25, 0.3) is 0 Å². The first kappa shape index (κ1) is 21.6. The summed E-state index contributed by atoms with van der Waals surface area (Å²) in [5, 5.41) is 13.7. The fourth-order valence-electron chi connectivity index (χ4n) is 4.27. The van der Waals surface area contributed by atoms with Gasteiger partial charge in [-0.05, 0) is 37.3 Å². The van der Waals surface area contributed by atoms with E-state index in [1.807, 2.05) is 23.1 Å². The molecule has 0 aromatic heterocycles. The van der Waals surface area contributed by atoms with Crippen LogP contribution in [0.4, 0.5) is 0 Å². The summed E-state index contributed by atoms with van der Waals surface area (Å²) in [5.74, 6) is 0.114. The van der Waals surface area contributed by atoms with Gasteiger partial charge in [-0.1, -0.05) is 29.8 Å². The molecule has 3 fully saturated rings. The minimum Gasteiger partial charge on any atom is -0.389 e. The van der Waals surface area contributed by atoms with E-state index in [0.29, 0.717) is 24.6 Å². The number of ether oxygens (including phenoxy) is 2. The van der Waals surface area contributed by atoms with Gasteiger partial charge in [0, 0.05) is 24.0 Å². The van der Waals surface area contributed by atoms with Crippen LogP contribution >= 0.6 is 11.6 Å². The zero-order valence-electron chi connectivity index (χ0n) is 17.0. The largest absolute Gasteiger partial charge is 0.389 e. The van der Waals surface area contributed by atoms with Gasteiger partial charge in [-0.3, -0.25) is 9.59 Å². The van der Waals surface area contributed by atoms with Crippen LogP contribution in [0.25, 0.3) is 0 Å². The van der Waals surface area contributed by atoms with Gasteiger partial charge in [-0.25, -0.2) is 0 Å². The molecule has 1 aromatic carbocycles. The lowest BCUT2D eigenvalue weighted by Gasteiger charge is -2.44. The van der Waals surface area contributed by atoms with Crippen molar-refractivity contribution in [3.05, 3.63) is 34.9 Å². The van der Waals surface area contributed by atoms with Gasteiger partial charge in [0.15, 0.2) is 0 Å². The molecule has 0 spiro atoms. The third-order valence-electron chi connectivity index (χ3n) is 6.04. The number of carbonyl (C=O) groups excluding carboxylic acids is 2. The van der Waals surface area contributed by atoms with Crippen LogP contribution < -0.4 is 5.32 Å². The highest BCUT2D eigenvalue weighted by Gasteiger charge is 2.43. The number of benzene rings is 1. The number of halogens is 1. The molecule has 3 aliphatic rings. The highest BCUT2D eigenvalue weighted by Crippen LogP contribution is 2.35. The summed E-state index contributed by atoms with van der Waals surface area (Å²) in [5.41, 5.74) is 0.873. The van der Waals surface area contributed by atoms with E-state index in [2.05, 4.69) is 5.32 Å². The second-order valence-electron chi connectivity index (χ2n) is 8.47. The number of rotatable bonds is 5. The van der Waals surface area contributed by atoms with Crippen molar-refractivity contribution in [2.45, 2.75) is 63.0 Å². The van der Waals surface area contributed by atoms with Crippen LogP contribution in [0, 0.1) is 5.92 Å². The Morgan fingerprint density at radius 2 is 1.97 bits per heavy atom. The predicted octanol–water partition coefficient (Wildman–Crippen LogP) is 1.89. The third kappa shape index (κ3) is 5.32. The van der Waals surface area contributed by atoms with Crippen molar-refractivity contribution in [1.29, 1.82) is 0 Å². The number of aliphatic hydroxyl groups excluding tert-OH is 1. The fourth-order valence-corrected chi connectivity index (χ4v) is 4.48. The molecule has 0 unspecified atom stereocenters. The molecule has 8 heteroatoms. The Bertz CT molecular complexity index is 772. The molecule has 0 bridgehead atoms. The normalized spacial score (nSPS) is 29.5. The Morgan fingerprint density at radius 3 is 2.73 bits per heavy atom. The predicted molar refractivity (Wildman–Crippen MR) is 111 cm³/mol. The van der Waals surface area contributed by atoms with Crippen LogP contribution in [0.2, 0.25) is 5.02 Å². The van der Waals surface area contributed by atoms with Gasteiger partial charge < -0.3 is 24.8 Å². The number of amides is 2. The average molecular weight is 437 g/mol. The molecule has 2 heterocycles. The van der Waals surface area contributed by atoms with Crippen molar-refractivity contribution in [3.8, 4) is 0 Å². The highest BCUT2D eigenvalue weighted by molar-refractivity contribution is 6.31. The van der Waals surface area contributed by atoms with E-state index >= 15 is 0 Å². The highest BCUT2D eigenvalue weighted by atomic mass is 35.5. The Balaban J connectivity index is 1.33. The Hall–Kier alpha value is -1.67. The molecule has 2 saturated heterocycles. The van der Waals surface area contributed by atoms with E-state index in [1.165, 1.54) is 0 Å². The summed E-state index contributed by atoms with van der Waals surface area (Å²) in [6.07, 6.45) is 2.35. The second kappa shape index (κ2) is 9.64. The summed E-state index contributed by atoms with van der Waals surface area (Å²) >= 11 is 6.14. The van der Waals surface area contributed by atoms with E-state index < -0.39 is 6.10 Å². The Morgan fingerprint density at radius 1 is 1.17 bits per heavy atom. The monoisotopic (exact) mass is 436 g/mol. The van der Waals surface area contributed by atoms with Crippen LogP contribution in [0.1, 0.15) is 37.7 Å². The number of nitrogens with zero attached hydrogens (tertiary/aromatic N) is 1. The van der Waals surface area contributed by atoms with Gasteiger partial charge in [0.05, 0.1) is 37.9 Å². The number of carbonyl (C=O) groups is 2. The van der Waals surface area contributed by atoms with Gasteiger partial charge in [0.2, 0.25) is 11.8 Å². The third-order valence-corrected chi connectivity index (χ3v) is 6.41. The maximum atomic E-state index is 12.8. The lowest BCUT2D eigenvalue weighted by atomic mass is 9.94. The molecule has 0 radical (unpaired) electrons. The second-order valence-corrected chi connectivity index (χ2v) is 8.88. The number of hydrogen-bond acceptors (Lipinski definition) is 5. The van der Waals surface area contributed by atoms with Crippen LogP contribution in [0.15, 0.2) is 24.3 Å². The summed E-state index contributed by atoms with van der Waals surface area (Å²) < 4.78 is 11.8. The van der Waals surface area contributed by atoms with Gasteiger partial charge >= 0.3 is 0 Å². The SMILES string of the molecule is O=C(C[C@@H]1CC[C@H]2[C@@H](COC[C@H](O)CN2C(=O)C2CC2)O1)NCc1ccccc1Cl. The standard InChI is InChI=1S/C22H29ClN2O5/c23-18-4-2-1-3-15(18)10-24-21(27)9-17-7-8-19-20(30-17)13-29-12-16(26)11-25(19)22(28)14-5-6-14/h1-4,14,16-17,19-20,26H,5-13H2,(H,24,27)/t16-,17+,19+,20-/m1/s1. The molecule has 7 nitrogen and oxygen atoms in total. The van der Waals surface area contributed by atoms with Crippen molar-refractivity contribution in [3.63, 3.8) is 0 Å². The molecule has 4 atom stereocenters. The Labute approximate surface area is 181 Å². The summed E-state index contributed by atoms with van der Waals surface area (Å²) in [4.78, 5) is 27.0. The minimum absolute atomic E-state index is 0.0894. The lowest BCUT2D eigenvalue weighted by molar-refractivity contribution is -0.170. The maximum Gasteiger partial charge on any atom is 0.226 e.